The zero-order valence-electron chi connectivity index (χ0n) is 15.6. The van der Waals surface area contributed by atoms with Crippen molar-refractivity contribution < 1.29 is 4.74 Å². The molecule has 0 N–H and O–H groups in total. The quantitative estimate of drug-likeness (QED) is 0.559. The third kappa shape index (κ3) is 2.60. The summed E-state index contributed by atoms with van der Waals surface area (Å²) < 4.78 is 6.14. The van der Waals surface area contributed by atoms with Crippen molar-refractivity contribution in [3.05, 3.63) is 0 Å². The summed E-state index contributed by atoms with van der Waals surface area (Å²) in [5.74, 6) is 4.14. The molecule has 4 rings (SSSR count). The molecule has 0 bridgehead atoms. The van der Waals surface area contributed by atoms with Gasteiger partial charge in [0.1, 0.15) is 0 Å². The summed E-state index contributed by atoms with van der Waals surface area (Å²) >= 11 is 0. The maximum Gasteiger partial charge on any atom is 0.0525 e. The van der Waals surface area contributed by atoms with Crippen LogP contribution in [0.15, 0.2) is 0 Å². The van der Waals surface area contributed by atoms with E-state index in [4.69, 9.17) is 4.74 Å². The van der Waals surface area contributed by atoms with Crippen LogP contribution in [0.1, 0.15) is 90.9 Å². The molecular weight excluding hydrogens is 280 g/mol. The molecule has 0 radical (unpaired) electrons. The Kier molecular flexibility index (Phi) is 4.54. The van der Waals surface area contributed by atoms with Crippen LogP contribution in [0.25, 0.3) is 0 Å². The van der Waals surface area contributed by atoms with E-state index in [1.807, 2.05) is 0 Å². The van der Waals surface area contributed by atoms with Crippen LogP contribution in [0.3, 0.4) is 0 Å². The molecule has 0 aliphatic heterocycles. The van der Waals surface area contributed by atoms with Gasteiger partial charge in [0, 0.05) is 6.61 Å². The Hall–Kier alpha value is -0.0400. The van der Waals surface area contributed by atoms with Gasteiger partial charge in [-0.3, -0.25) is 0 Å². The topological polar surface area (TPSA) is 9.23 Å². The fraction of sp³-hybridized carbons (Fsp3) is 1.00. The van der Waals surface area contributed by atoms with Gasteiger partial charge < -0.3 is 4.74 Å². The second-order valence-corrected chi connectivity index (χ2v) is 9.75. The minimum atomic E-state index is 0.578. The Morgan fingerprint density at radius 1 is 0.870 bits per heavy atom. The summed E-state index contributed by atoms with van der Waals surface area (Å²) in [6.45, 7) is 6.99. The molecule has 0 amide bonds. The van der Waals surface area contributed by atoms with Crippen LogP contribution in [-0.4, -0.2) is 13.2 Å². The molecule has 0 saturated heterocycles. The molecule has 4 fully saturated rings. The highest BCUT2D eigenvalue weighted by atomic mass is 16.5. The van der Waals surface area contributed by atoms with Gasteiger partial charge in [-0.1, -0.05) is 33.1 Å². The SMILES string of the molecule is CCCOC[C@@]12CCC[C@H]1[C@@H]1CC[C@H]3CCCC[C@]3(C)[C@H]1CC2. The number of ether oxygens (including phenoxy) is 1. The fourth-order valence-corrected chi connectivity index (χ4v) is 7.76. The van der Waals surface area contributed by atoms with Crippen molar-refractivity contribution in [3.8, 4) is 0 Å². The van der Waals surface area contributed by atoms with Crippen molar-refractivity contribution >= 4 is 0 Å². The molecule has 4 aliphatic rings. The van der Waals surface area contributed by atoms with E-state index in [0.717, 1.165) is 36.9 Å². The maximum absolute atomic E-state index is 6.14. The predicted molar refractivity (Wildman–Crippen MR) is 96.4 cm³/mol. The first kappa shape index (κ1) is 16.4. The molecule has 0 spiro atoms. The number of hydrogen-bond acceptors (Lipinski definition) is 1. The van der Waals surface area contributed by atoms with Crippen LogP contribution in [0, 0.1) is 34.5 Å². The Bertz CT molecular complexity index is 418. The Labute approximate surface area is 143 Å². The number of rotatable bonds is 4. The van der Waals surface area contributed by atoms with Crippen LogP contribution in [0.2, 0.25) is 0 Å². The molecule has 6 atom stereocenters. The lowest BCUT2D eigenvalue weighted by Crippen LogP contribution is -2.53. The van der Waals surface area contributed by atoms with E-state index in [2.05, 4.69) is 13.8 Å². The molecule has 1 heteroatoms. The molecule has 0 unspecified atom stereocenters. The predicted octanol–water partition coefficient (Wildman–Crippen LogP) is 6.22. The molecule has 4 saturated carbocycles. The van der Waals surface area contributed by atoms with Gasteiger partial charge >= 0.3 is 0 Å². The Morgan fingerprint density at radius 2 is 1.78 bits per heavy atom. The number of fused-ring (bicyclic) bond motifs is 5. The highest BCUT2D eigenvalue weighted by Crippen LogP contribution is 2.66. The van der Waals surface area contributed by atoms with Crippen LogP contribution >= 0.6 is 0 Å². The average Bonchev–Trinajstić information content (AvgIpc) is 2.99. The van der Waals surface area contributed by atoms with E-state index >= 15 is 0 Å². The first-order chi connectivity index (χ1) is 11.2. The second kappa shape index (κ2) is 6.36. The average molecular weight is 319 g/mol. The summed E-state index contributed by atoms with van der Waals surface area (Å²) in [6.07, 6.45) is 17.8. The molecule has 1 nitrogen and oxygen atoms in total. The molecular formula is C22H38O. The van der Waals surface area contributed by atoms with Gasteiger partial charge in [-0.25, -0.2) is 0 Å². The first-order valence-electron chi connectivity index (χ1n) is 10.8. The molecule has 23 heavy (non-hydrogen) atoms. The monoisotopic (exact) mass is 318 g/mol. The van der Waals surface area contributed by atoms with Crippen molar-refractivity contribution in [2.45, 2.75) is 90.9 Å². The Balaban J connectivity index is 1.54. The van der Waals surface area contributed by atoms with Gasteiger partial charge in [0.2, 0.25) is 0 Å². The maximum atomic E-state index is 6.14. The highest BCUT2D eigenvalue weighted by molar-refractivity contribution is 5.07. The van der Waals surface area contributed by atoms with Crippen LogP contribution < -0.4 is 0 Å². The van der Waals surface area contributed by atoms with Crippen LogP contribution in [0.4, 0.5) is 0 Å². The minimum absolute atomic E-state index is 0.578. The van der Waals surface area contributed by atoms with E-state index in [1.165, 1.54) is 64.2 Å². The molecule has 0 heterocycles. The van der Waals surface area contributed by atoms with E-state index in [-0.39, 0.29) is 0 Å². The van der Waals surface area contributed by atoms with Gasteiger partial charge in [-0.15, -0.1) is 0 Å². The summed E-state index contributed by atoms with van der Waals surface area (Å²) in [4.78, 5) is 0. The molecule has 132 valence electrons. The van der Waals surface area contributed by atoms with Crippen LogP contribution in [0.5, 0.6) is 0 Å². The zero-order chi connectivity index (χ0) is 15.9. The minimum Gasteiger partial charge on any atom is -0.381 e. The molecule has 0 aromatic heterocycles. The van der Waals surface area contributed by atoms with Crippen molar-refractivity contribution in [3.63, 3.8) is 0 Å². The van der Waals surface area contributed by atoms with Crippen molar-refractivity contribution in [1.29, 1.82) is 0 Å². The van der Waals surface area contributed by atoms with Gasteiger partial charge in [-0.05, 0) is 92.3 Å². The smallest absolute Gasteiger partial charge is 0.0525 e. The molecule has 0 aromatic rings. The van der Waals surface area contributed by atoms with E-state index in [9.17, 15) is 0 Å². The first-order valence-corrected chi connectivity index (χ1v) is 10.8. The molecule has 4 aliphatic carbocycles. The van der Waals surface area contributed by atoms with Gasteiger partial charge in [0.05, 0.1) is 6.61 Å². The van der Waals surface area contributed by atoms with Gasteiger partial charge in [0.25, 0.3) is 0 Å². The lowest BCUT2D eigenvalue weighted by Gasteiger charge is -2.60. The standard InChI is InChI=1S/C22H38O/c1-3-15-23-16-22-13-6-8-20(22)18-10-9-17-7-4-5-12-21(17,2)19(18)11-14-22/h17-20H,3-16H2,1-2H3/t17-,18-,19+,20+,21+,22+/m1/s1. The van der Waals surface area contributed by atoms with Crippen molar-refractivity contribution in [2.75, 3.05) is 13.2 Å². The van der Waals surface area contributed by atoms with E-state index in [0.29, 0.717) is 10.8 Å². The molecule has 0 aromatic carbocycles. The third-order valence-electron chi connectivity index (χ3n) is 8.85. The summed E-state index contributed by atoms with van der Waals surface area (Å²) in [5.41, 5.74) is 1.27. The van der Waals surface area contributed by atoms with Gasteiger partial charge in [-0.2, -0.15) is 0 Å². The number of hydrogen-bond donors (Lipinski definition) is 0. The van der Waals surface area contributed by atoms with Crippen molar-refractivity contribution in [2.24, 2.45) is 34.5 Å². The summed E-state index contributed by atoms with van der Waals surface area (Å²) in [6, 6.07) is 0. The largest absolute Gasteiger partial charge is 0.381 e. The Morgan fingerprint density at radius 3 is 2.65 bits per heavy atom. The third-order valence-corrected chi connectivity index (χ3v) is 8.85. The summed E-state index contributed by atoms with van der Waals surface area (Å²) in [7, 11) is 0. The lowest BCUT2D eigenvalue weighted by molar-refractivity contribution is -0.124. The van der Waals surface area contributed by atoms with E-state index in [1.54, 1.807) is 12.8 Å². The normalized spacial score (nSPS) is 49.3. The van der Waals surface area contributed by atoms with Gasteiger partial charge in [0.15, 0.2) is 0 Å². The van der Waals surface area contributed by atoms with E-state index < -0.39 is 0 Å². The van der Waals surface area contributed by atoms with Crippen molar-refractivity contribution in [1.82, 2.24) is 0 Å². The fourth-order valence-electron chi connectivity index (χ4n) is 7.76. The van der Waals surface area contributed by atoms with Crippen LogP contribution in [-0.2, 0) is 4.74 Å². The zero-order valence-corrected chi connectivity index (χ0v) is 15.6. The highest BCUT2D eigenvalue weighted by Gasteiger charge is 2.58. The lowest BCUT2D eigenvalue weighted by atomic mass is 9.45. The second-order valence-electron chi connectivity index (χ2n) is 9.75. The summed E-state index contributed by atoms with van der Waals surface area (Å²) in [5, 5.41) is 0.